The first-order chi connectivity index (χ1) is 8.28. The van der Waals surface area contributed by atoms with E-state index in [0.29, 0.717) is 6.42 Å². The summed E-state index contributed by atoms with van der Waals surface area (Å²) in [5, 5.41) is 10.7. The number of halogens is 3. The standard InChI is InChI=1S/C10H15F3N2O3/c11-10(12,13)5-7-2-4-15(6-7)9(18)14-3-1-8(16)17/h7H,1-6H2,(H,14,18)(H,16,17). The number of hydrogen-bond acceptors (Lipinski definition) is 2. The number of aliphatic carboxylic acids is 1. The Morgan fingerprint density at radius 3 is 2.61 bits per heavy atom. The quantitative estimate of drug-likeness (QED) is 0.810. The van der Waals surface area contributed by atoms with E-state index in [0.717, 1.165) is 0 Å². The fourth-order valence-electron chi connectivity index (χ4n) is 1.90. The molecule has 1 aliphatic heterocycles. The van der Waals surface area contributed by atoms with E-state index < -0.39 is 30.5 Å². The number of amides is 2. The summed E-state index contributed by atoms with van der Waals surface area (Å²) in [7, 11) is 0. The van der Waals surface area contributed by atoms with Crippen LogP contribution in [-0.4, -0.2) is 47.8 Å². The van der Waals surface area contributed by atoms with Gasteiger partial charge in [-0.25, -0.2) is 4.79 Å². The van der Waals surface area contributed by atoms with Crippen molar-refractivity contribution in [2.24, 2.45) is 5.92 Å². The number of carbonyl (C=O) groups excluding carboxylic acids is 1. The second kappa shape index (κ2) is 5.92. The molecule has 1 heterocycles. The van der Waals surface area contributed by atoms with Gasteiger partial charge in [0.15, 0.2) is 0 Å². The van der Waals surface area contributed by atoms with E-state index in [9.17, 15) is 22.8 Å². The predicted octanol–water partition coefficient (Wildman–Crippen LogP) is 1.45. The average molecular weight is 268 g/mol. The number of carboxylic acid groups (broad SMARTS) is 1. The molecule has 0 aromatic heterocycles. The number of urea groups is 1. The third-order valence-corrected chi connectivity index (χ3v) is 2.71. The highest BCUT2D eigenvalue weighted by Crippen LogP contribution is 2.30. The lowest BCUT2D eigenvalue weighted by atomic mass is 10.1. The molecule has 0 spiro atoms. The van der Waals surface area contributed by atoms with E-state index in [1.807, 2.05) is 0 Å². The van der Waals surface area contributed by atoms with Crippen LogP contribution in [0, 0.1) is 5.92 Å². The molecule has 0 aromatic carbocycles. The fourth-order valence-corrected chi connectivity index (χ4v) is 1.90. The highest BCUT2D eigenvalue weighted by molar-refractivity contribution is 5.75. The molecule has 1 atom stereocenters. The highest BCUT2D eigenvalue weighted by atomic mass is 19.4. The van der Waals surface area contributed by atoms with Gasteiger partial charge in [0.2, 0.25) is 0 Å². The van der Waals surface area contributed by atoms with Crippen molar-refractivity contribution >= 4 is 12.0 Å². The molecule has 18 heavy (non-hydrogen) atoms. The van der Waals surface area contributed by atoms with E-state index >= 15 is 0 Å². The molecule has 1 rings (SSSR count). The lowest BCUT2D eigenvalue weighted by Gasteiger charge is -2.17. The zero-order valence-electron chi connectivity index (χ0n) is 9.66. The number of hydrogen-bond donors (Lipinski definition) is 2. The number of likely N-dealkylation sites (tertiary alicyclic amines) is 1. The van der Waals surface area contributed by atoms with Crippen LogP contribution in [0.15, 0.2) is 0 Å². The Morgan fingerprint density at radius 2 is 2.06 bits per heavy atom. The lowest BCUT2D eigenvalue weighted by Crippen LogP contribution is -2.39. The second-order valence-corrected chi connectivity index (χ2v) is 4.30. The van der Waals surface area contributed by atoms with Gasteiger partial charge >= 0.3 is 18.2 Å². The zero-order valence-corrected chi connectivity index (χ0v) is 9.66. The molecule has 1 saturated heterocycles. The van der Waals surface area contributed by atoms with Crippen LogP contribution in [0.4, 0.5) is 18.0 Å². The van der Waals surface area contributed by atoms with Crippen LogP contribution in [0.3, 0.4) is 0 Å². The molecule has 8 heteroatoms. The van der Waals surface area contributed by atoms with Crippen LogP contribution >= 0.6 is 0 Å². The Morgan fingerprint density at radius 1 is 1.39 bits per heavy atom. The SMILES string of the molecule is O=C(O)CCNC(=O)N1CCC(CC(F)(F)F)C1. The van der Waals surface area contributed by atoms with Gasteiger partial charge in [-0.2, -0.15) is 13.2 Å². The summed E-state index contributed by atoms with van der Waals surface area (Å²) >= 11 is 0. The van der Waals surface area contributed by atoms with Gasteiger partial charge in [-0.1, -0.05) is 0 Å². The number of carbonyl (C=O) groups is 2. The van der Waals surface area contributed by atoms with E-state index in [2.05, 4.69) is 5.32 Å². The summed E-state index contributed by atoms with van der Waals surface area (Å²) in [5.41, 5.74) is 0. The molecule has 1 unspecified atom stereocenters. The van der Waals surface area contributed by atoms with Gasteiger partial charge < -0.3 is 15.3 Å². The van der Waals surface area contributed by atoms with Crippen LogP contribution < -0.4 is 5.32 Å². The first-order valence-corrected chi connectivity index (χ1v) is 5.59. The molecule has 0 radical (unpaired) electrons. The van der Waals surface area contributed by atoms with Gasteiger partial charge in [0.05, 0.1) is 6.42 Å². The van der Waals surface area contributed by atoms with Gasteiger partial charge in [-0.15, -0.1) is 0 Å². The zero-order chi connectivity index (χ0) is 13.8. The Kier molecular flexibility index (Phi) is 4.80. The Balaban J connectivity index is 2.28. The summed E-state index contributed by atoms with van der Waals surface area (Å²) < 4.78 is 36.4. The molecule has 0 bridgehead atoms. The van der Waals surface area contributed by atoms with Crippen LogP contribution in [-0.2, 0) is 4.79 Å². The number of rotatable bonds is 4. The number of carboxylic acids is 1. The third kappa shape index (κ3) is 5.24. The maximum Gasteiger partial charge on any atom is 0.389 e. The molecule has 104 valence electrons. The maximum atomic E-state index is 12.1. The summed E-state index contributed by atoms with van der Waals surface area (Å²) in [4.78, 5) is 23.0. The van der Waals surface area contributed by atoms with Crippen LogP contribution in [0.1, 0.15) is 19.3 Å². The molecule has 0 saturated carbocycles. The molecule has 5 nitrogen and oxygen atoms in total. The Hall–Kier alpha value is -1.47. The first-order valence-electron chi connectivity index (χ1n) is 5.59. The molecule has 0 aliphatic carbocycles. The van der Waals surface area contributed by atoms with E-state index in [4.69, 9.17) is 5.11 Å². The minimum absolute atomic E-state index is 0.0192. The molecular formula is C10H15F3N2O3. The molecule has 1 aliphatic rings. The van der Waals surface area contributed by atoms with Crippen molar-refractivity contribution in [3.8, 4) is 0 Å². The minimum atomic E-state index is -4.21. The van der Waals surface area contributed by atoms with Crippen molar-refractivity contribution in [2.45, 2.75) is 25.4 Å². The van der Waals surface area contributed by atoms with Gasteiger partial charge in [0, 0.05) is 26.1 Å². The average Bonchev–Trinajstić information content (AvgIpc) is 2.62. The van der Waals surface area contributed by atoms with E-state index in [1.165, 1.54) is 4.90 Å². The third-order valence-electron chi connectivity index (χ3n) is 2.71. The second-order valence-electron chi connectivity index (χ2n) is 4.30. The summed E-state index contributed by atoms with van der Waals surface area (Å²) in [6, 6.07) is -0.499. The number of nitrogens with one attached hydrogen (secondary N) is 1. The summed E-state index contributed by atoms with van der Waals surface area (Å²) in [6.07, 6.45) is -4.97. The lowest BCUT2D eigenvalue weighted by molar-refractivity contribution is -0.143. The van der Waals surface area contributed by atoms with E-state index in [1.54, 1.807) is 0 Å². The largest absolute Gasteiger partial charge is 0.481 e. The fraction of sp³-hybridized carbons (Fsp3) is 0.800. The molecule has 2 N–H and O–H groups in total. The first kappa shape index (κ1) is 14.6. The van der Waals surface area contributed by atoms with Crippen LogP contribution in [0.25, 0.3) is 0 Å². The van der Waals surface area contributed by atoms with Crippen molar-refractivity contribution in [1.29, 1.82) is 0 Å². The normalized spacial score (nSPS) is 19.9. The van der Waals surface area contributed by atoms with Crippen molar-refractivity contribution in [2.75, 3.05) is 19.6 Å². The van der Waals surface area contributed by atoms with Gasteiger partial charge in [-0.05, 0) is 12.3 Å². The molecule has 0 aromatic rings. The monoisotopic (exact) mass is 268 g/mol. The molecular weight excluding hydrogens is 253 g/mol. The van der Waals surface area contributed by atoms with Crippen LogP contribution in [0.2, 0.25) is 0 Å². The highest BCUT2D eigenvalue weighted by Gasteiger charge is 2.36. The van der Waals surface area contributed by atoms with Crippen LogP contribution in [0.5, 0.6) is 0 Å². The topological polar surface area (TPSA) is 69.6 Å². The Labute approximate surface area is 102 Å². The van der Waals surface area contributed by atoms with Crippen molar-refractivity contribution < 1.29 is 27.9 Å². The molecule has 1 fully saturated rings. The van der Waals surface area contributed by atoms with Crippen molar-refractivity contribution in [3.05, 3.63) is 0 Å². The predicted molar refractivity (Wildman–Crippen MR) is 56.0 cm³/mol. The maximum absolute atomic E-state index is 12.1. The van der Waals surface area contributed by atoms with Gasteiger partial charge in [-0.3, -0.25) is 4.79 Å². The summed E-state index contributed by atoms with van der Waals surface area (Å²) in [5.74, 6) is -1.60. The van der Waals surface area contributed by atoms with Gasteiger partial charge in [0.1, 0.15) is 0 Å². The minimum Gasteiger partial charge on any atom is -0.481 e. The van der Waals surface area contributed by atoms with Crippen molar-refractivity contribution in [1.82, 2.24) is 10.2 Å². The van der Waals surface area contributed by atoms with Crippen molar-refractivity contribution in [3.63, 3.8) is 0 Å². The molecule has 2 amide bonds. The Bertz CT molecular complexity index is 320. The smallest absolute Gasteiger partial charge is 0.389 e. The summed E-state index contributed by atoms with van der Waals surface area (Å²) in [6.45, 7) is 0.326. The number of alkyl halides is 3. The van der Waals surface area contributed by atoms with Gasteiger partial charge in [0.25, 0.3) is 0 Å². The van der Waals surface area contributed by atoms with E-state index in [-0.39, 0.29) is 26.1 Å². The number of nitrogens with zero attached hydrogens (tertiary/aromatic N) is 1.